The number of aliphatic carboxylic acids is 1. The van der Waals surface area contributed by atoms with Crippen LogP contribution in [0.25, 0.3) is 0 Å². The first-order valence-corrected chi connectivity index (χ1v) is 9.20. The number of carboxylic acids is 1. The van der Waals surface area contributed by atoms with Gasteiger partial charge in [-0.15, -0.1) is 0 Å². The number of benzene rings is 1. The van der Waals surface area contributed by atoms with Crippen molar-refractivity contribution in [3.8, 4) is 0 Å². The monoisotopic (exact) mass is 381 g/mol. The highest BCUT2D eigenvalue weighted by Gasteiger charge is 2.33. The molecule has 1 aromatic heterocycles. The molecule has 28 heavy (non-hydrogen) atoms. The number of carboxylic acid groups (broad SMARTS) is 1. The fourth-order valence-corrected chi connectivity index (χ4v) is 3.57. The zero-order valence-corrected chi connectivity index (χ0v) is 15.9. The summed E-state index contributed by atoms with van der Waals surface area (Å²) in [7, 11) is 0. The number of nitrogens with zero attached hydrogens (tertiary/aromatic N) is 2. The normalized spacial score (nSPS) is 19.1. The number of likely N-dealkylation sites (tertiary alicyclic amines) is 1. The fourth-order valence-electron chi connectivity index (χ4n) is 3.57. The Hall–Kier alpha value is -3.22. The van der Waals surface area contributed by atoms with Gasteiger partial charge in [0.05, 0.1) is 17.2 Å². The van der Waals surface area contributed by atoms with E-state index in [4.69, 9.17) is 0 Å². The molecule has 0 aliphatic carbocycles. The van der Waals surface area contributed by atoms with Crippen LogP contribution in [0.15, 0.2) is 42.7 Å². The van der Waals surface area contributed by atoms with Gasteiger partial charge in [0.25, 0.3) is 11.8 Å². The molecular formula is C21H23N3O4. The van der Waals surface area contributed by atoms with Crippen molar-refractivity contribution in [2.45, 2.75) is 20.3 Å². The lowest BCUT2D eigenvalue weighted by atomic mass is 9.90. The molecule has 1 aromatic carbocycles. The lowest BCUT2D eigenvalue weighted by Crippen LogP contribution is -2.45. The Balaban J connectivity index is 1.88. The number of pyridine rings is 1. The van der Waals surface area contributed by atoms with Crippen molar-refractivity contribution in [2.24, 2.45) is 11.8 Å². The van der Waals surface area contributed by atoms with E-state index in [1.165, 1.54) is 12.4 Å². The predicted octanol–water partition coefficient (Wildman–Crippen LogP) is 2.83. The minimum Gasteiger partial charge on any atom is -0.481 e. The number of aromatic nitrogens is 1. The van der Waals surface area contributed by atoms with Crippen LogP contribution in [0.1, 0.15) is 39.6 Å². The van der Waals surface area contributed by atoms with E-state index in [9.17, 15) is 19.5 Å². The molecule has 3 rings (SSSR count). The van der Waals surface area contributed by atoms with Crippen LogP contribution in [0, 0.1) is 18.8 Å². The second-order valence-corrected chi connectivity index (χ2v) is 7.27. The van der Waals surface area contributed by atoms with Gasteiger partial charge in [-0.3, -0.25) is 19.4 Å². The molecule has 2 atom stereocenters. The highest BCUT2D eigenvalue weighted by molar-refractivity contribution is 6.09. The molecule has 2 unspecified atom stereocenters. The minimum atomic E-state index is -0.889. The van der Waals surface area contributed by atoms with E-state index >= 15 is 0 Å². The minimum absolute atomic E-state index is 0.0958. The maximum absolute atomic E-state index is 13.2. The topological polar surface area (TPSA) is 99.6 Å². The maximum atomic E-state index is 13.2. The largest absolute Gasteiger partial charge is 0.481 e. The van der Waals surface area contributed by atoms with Gasteiger partial charge in [-0.05, 0) is 43.0 Å². The fraction of sp³-hybridized carbons (Fsp3) is 0.333. The number of hydrogen-bond donors (Lipinski definition) is 2. The lowest BCUT2D eigenvalue weighted by Gasteiger charge is -2.35. The van der Waals surface area contributed by atoms with Gasteiger partial charge >= 0.3 is 5.97 Å². The van der Waals surface area contributed by atoms with Crippen molar-refractivity contribution in [3.05, 3.63) is 59.4 Å². The first-order valence-electron chi connectivity index (χ1n) is 9.20. The molecule has 0 bridgehead atoms. The molecule has 2 amide bonds. The SMILES string of the molecule is Cc1cccc(C(=O)N2CC(C)CC(C(=O)O)C2)c1NC(=O)c1ccncc1. The molecule has 7 heteroatoms. The number of carbonyl (C=O) groups is 3. The number of nitrogens with one attached hydrogen (secondary N) is 1. The Bertz CT molecular complexity index is 898. The Morgan fingerprint density at radius 1 is 1.14 bits per heavy atom. The average Bonchev–Trinajstić information content (AvgIpc) is 2.69. The van der Waals surface area contributed by atoms with Crippen molar-refractivity contribution in [1.82, 2.24) is 9.88 Å². The third kappa shape index (κ3) is 4.19. The second kappa shape index (κ2) is 8.21. The van der Waals surface area contributed by atoms with E-state index in [1.54, 1.807) is 29.2 Å². The van der Waals surface area contributed by atoms with Crippen LogP contribution in [0.3, 0.4) is 0 Å². The van der Waals surface area contributed by atoms with Crippen LogP contribution in [0.4, 0.5) is 5.69 Å². The molecule has 1 aliphatic heterocycles. The van der Waals surface area contributed by atoms with Crippen molar-refractivity contribution >= 4 is 23.5 Å². The molecule has 1 saturated heterocycles. The van der Waals surface area contributed by atoms with Gasteiger partial charge in [0.1, 0.15) is 0 Å². The Labute approximate surface area is 163 Å². The summed E-state index contributed by atoms with van der Waals surface area (Å²) in [6.07, 6.45) is 3.61. The number of carbonyl (C=O) groups excluding carboxylic acids is 2. The van der Waals surface area contributed by atoms with Gasteiger partial charge in [-0.2, -0.15) is 0 Å². The first-order chi connectivity index (χ1) is 13.4. The van der Waals surface area contributed by atoms with Gasteiger partial charge in [0, 0.05) is 31.0 Å². The summed E-state index contributed by atoms with van der Waals surface area (Å²) in [5, 5.41) is 12.2. The molecule has 2 heterocycles. The summed E-state index contributed by atoms with van der Waals surface area (Å²) in [4.78, 5) is 42.6. The summed E-state index contributed by atoms with van der Waals surface area (Å²) in [5.74, 6) is -1.97. The number of rotatable bonds is 4. The van der Waals surface area contributed by atoms with Crippen molar-refractivity contribution < 1.29 is 19.5 Å². The molecule has 0 saturated carbocycles. The molecule has 0 radical (unpaired) electrons. The highest BCUT2D eigenvalue weighted by atomic mass is 16.4. The number of amides is 2. The quantitative estimate of drug-likeness (QED) is 0.848. The zero-order chi connectivity index (χ0) is 20.3. The molecule has 0 spiro atoms. The third-order valence-corrected chi connectivity index (χ3v) is 4.98. The van der Waals surface area contributed by atoms with Crippen LogP contribution >= 0.6 is 0 Å². The maximum Gasteiger partial charge on any atom is 0.308 e. The Morgan fingerprint density at radius 3 is 2.54 bits per heavy atom. The van der Waals surface area contributed by atoms with Gasteiger partial charge < -0.3 is 15.3 Å². The number of piperidine rings is 1. The number of aryl methyl sites for hydroxylation is 1. The molecule has 7 nitrogen and oxygen atoms in total. The van der Waals surface area contributed by atoms with Gasteiger partial charge in [-0.25, -0.2) is 0 Å². The Kier molecular flexibility index (Phi) is 5.73. The molecular weight excluding hydrogens is 358 g/mol. The molecule has 2 N–H and O–H groups in total. The van der Waals surface area contributed by atoms with Crippen molar-refractivity contribution in [1.29, 1.82) is 0 Å². The third-order valence-electron chi connectivity index (χ3n) is 4.98. The zero-order valence-electron chi connectivity index (χ0n) is 15.9. The summed E-state index contributed by atoms with van der Waals surface area (Å²) in [6, 6.07) is 8.43. The number of anilines is 1. The van der Waals surface area contributed by atoms with E-state index < -0.39 is 11.9 Å². The van der Waals surface area contributed by atoms with Gasteiger partial charge in [0.15, 0.2) is 0 Å². The molecule has 146 valence electrons. The molecule has 2 aromatic rings. The number of hydrogen-bond acceptors (Lipinski definition) is 4. The summed E-state index contributed by atoms with van der Waals surface area (Å²) in [6.45, 7) is 4.42. The van der Waals surface area contributed by atoms with Gasteiger partial charge in [0.2, 0.25) is 0 Å². The van der Waals surface area contributed by atoms with Crippen LogP contribution in [0.2, 0.25) is 0 Å². The van der Waals surface area contributed by atoms with Gasteiger partial charge in [-0.1, -0.05) is 19.1 Å². The second-order valence-electron chi connectivity index (χ2n) is 7.27. The van der Waals surface area contributed by atoms with E-state index in [0.717, 1.165) is 5.56 Å². The smallest absolute Gasteiger partial charge is 0.308 e. The average molecular weight is 381 g/mol. The van der Waals surface area contributed by atoms with Crippen LogP contribution in [0.5, 0.6) is 0 Å². The highest BCUT2D eigenvalue weighted by Crippen LogP contribution is 2.27. The standard InChI is InChI=1S/C21H23N3O4/c1-13-10-16(21(27)28)12-24(11-13)20(26)17-5-3-4-14(2)18(17)23-19(25)15-6-8-22-9-7-15/h3-9,13,16H,10-12H2,1-2H3,(H,23,25)(H,27,28). The van der Waals surface area contributed by atoms with E-state index in [0.29, 0.717) is 29.8 Å². The van der Waals surface area contributed by atoms with Crippen molar-refractivity contribution in [2.75, 3.05) is 18.4 Å². The molecule has 1 aliphatic rings. The first kappa shape index (κ1) is 19.5. The lowest BCUT2D eigenvalue weighted by molar-refractivity contribution is -0.143. The summed E-state index contributed by atoms with van der Waals surface area (Å²) < 4.78 is 0. The van der Waals surface area contributed by atoms with Crippen LogP contribution < -0.4 is 5.32 Å². The van der Waals surface area contributed by atoms with Crippen molar-refractivity contribution in [3.63, 3.8) is 0 Å². The van der Waals surface area contributed by atoms with Crippen LogP contribution in [-0.2, 0) is 4.79 Å². The van der Waals surface area contributed by atoms with E-state index in [-0.39, 0.29) is 24.3 Å². The molecule has 1 fully saturated rings. The predicted molar refractivity (Wildman–Crippen MR) is 104 cm³/mol. The summed E-state index contributed by atoms with van der Waals surface area (Å²) in [5.41, 5.74) is 2.00. The van der Waals surface area contributed by atoms with E-state index in [2.05, 4.69) is 10.3 Å². The summed E-state index contributed by atoms with van der Waals surface area (Å²) >= 11 is 0. The van der Waals surface area contributed by atoms with E-state index in [1.807, 2.05) is 19.9 Å². The van der Waals surface area contributed by atoms with Crippen LogP contribution in [-0.4, -0.2) is 45.9 Å². The number of para-hydroxylation sites is 1. The Morgan fingerprint density at radius 2 is 1.86 bits per heavy atom.